The quantitative estimate of drug-likeness (QED) is 0.253. The van der Waals surface area contributed by atoms with Crippen LogP contribution >= 0.6 is 0 Å². The van der Waals surface area contributed by atoms with Crippen molar-refractivity contribution in [1.29, 1.82) is 0 Å². The number of nitrogens with one attached hydrogen (secondary N) is 2. The van der Waals surface area contributed by atoms with Crippen LogP contribution in [0.3, 0.4) is 0 Å². The Morgan fingerprint density at radius 3 is 1.86 bits per heavy atom. The van der Waals surface area contributed by atoms with Gasteiger partial charge in [0.2, 0.25) is 0 Å². The van der Waals surface area contributed by atoms with E-state index in [1.807, 2.05) is 0 Å². The molecule has 2 N–H and O–H groups in total. The van der Waals surface area contributed by atoms with Crippen molar-refractivity contribution in [2.24, 2.45) is 0 Å². The Labute approximate surface area is 202 Å². The minimum atomic E-state index is -4.10. The molecule has 35 heavy (non-hydrogen) atoms. The van der Waals surface area contributed by atoms with Crippen molar-refractivity contribution in [1.82, 2.24) is 10.3 Å². The van der Waals surface area contributed by atoms with E-state index < -0.39 is 71.2 Å². The summed E-state index contributed by atoms with van der Waals surface area (Å²) in [7, 11) is -4.10. The van der Waals surface area contributed by atoms with Crippen LogP contribution in [0, 0.1) is 6.92 Å². The number of ether oxygens (including phenoxy) is 5. The van der Waals surface area contributed by atoms with Gasteiger partial charge in [-0.15, -0.1) is 4.83 Å². The van der Waals surface area contributed by atoms with Gasteiger partial charge in [-0.2, -0.15) is 0 Å². The number of carbonyl (C=O) groups excluding carboxylic acids is 4. The van der Waals surface area contributed by atoms with Crippen molar-refractivity contribution in [2.45, 2.75) is 70.2 Å². The molecule has 1 aromatic carbocycles. The van der Waals surface area contributed by atoms with Gasteiger partial charge in [0.1, 0.15) is 12.7 Å². The van der Waals surface area contributed by atoms with Crippen molar-refractivity contribution >= 4 is 33.9 Å². The molecule has 13 nitrogen and oxygen atoms in total. The fraction of sp³-hybridized carbons (Fsp3) is 0.524. The lowest BCUT2D eigenvalue weighted by molar-refractivity contribution is -0.258. The zero-order valence-corrected chi connectivity index (χ0v) is 20.6. The summed E-state index contributed by atoms with van der Waals surface area (Å²) in [5, 5.41) is 0. The van der Waals surface area contributed by atoms with Gasteiger partial charge in [-0.05, 0) is 19.1 Å². The van der Waals surface area contributed by atoms with E-state index in [0.29, 0.717) is 0 Å². The van der Waals surface area contributed by atoms with Gasteiger partial charge in [0, 0.05) is 27.7 Å². The maximum absolute atomic E-state index is 12.7. The number of aryl methyl sites for hydroxylation is 1. The van der Waals surface area contributed by atoms with Crippen LogP contribution in [0.15, 0.2) is 29.2 Å². The second-order valence-electron chi connectivity index (χ2n) is 7.68. The van der Waals surface area contributed by atoms with Crippen molar-refractivity contribution in [3.05, 3.63) is 29.8 Å². The molecule has 1 aliphatic rings. The van der Waals surface area contributed by atoms with Crippen LogP contribution in [0.1, 0.15) is 33.3 Å². The molecule has 1 aliphatic heterocycles. The first-order valence-electron chi connectivity index (χ1n) is 10.4. The summed E-state index contributed by atoms with van der Waals surface area (Å²) >= 11 is 0. The van der Waals surface area contributed by atoms with Gasteiger partial charge >= 0.3 is 23.9 Å². The zero-order chi connectivity index (χ0) is 26.3. The first-order chi connectivity index (χ1) is 16.3. The SMILES string of the molecule is CC(=O)OCC1OC(NNS(=O)(=O)c2ccc(C)cc2)C(OC(C)=O)C(OC(C)=O)C1OC(C)=O. The van der Waals surface area contributed by atoms with Crippen LogP contribution in [0.2, 0.25) is 0 Å². The maximum Gasteiger partial charge on any atom is 0.303 e. The Morgan fingerprint density at radius 2 is 1.34 bits per heavy atom. The van der Waals surface area contributed by atoms with Crippen molar-refractivity contribution in [3.63, 3.8) is 0 Å². The topological polar surface area (TPSA) is 173 Å². The van der Waals surface area contributed by atoms with E-state index in [2.05, 4.69) is 10.3 Å². The van der Waals surface area contributed by atoms with Gasteiger partial charge < -0.3 is 23.7 Å². The summed E-state index contributed by atoms with van der Waals surface area (Å²) in [5.41, 5.74) is 3.26. The van der Waals surface area contributed by atoms with Crippen LogP contribution in [-0.2, 0) is 52.9 Å². The van der Waals surface area contributed by atoms with Crippen LogP contribution in [0.4, 0.5) is 0 Å². The number of hydrazine groups is 1. The molecule has 0 spiro atoms. The van der Waals surface area contributed by atoms with E-state index >= 15 is 0 Å². The van der Waals surface area contributed by atoms with Gasteiger partial charge in [-0.1, -0.05) is 17.7 Å². The highest BCUT2D eigenvalue weighted by Gasteiger charge is 2.52. The van der Waals surface area contributed by atoms with Gasteiger partial charge in [-0.3, -0.25) is 19.2 Å². The third-order valence-electron chi connectivity index (χ3n) is 4.66. The molecule has 5 atom stereocenters. The summed E-state index contributed by atoms with van der Waals surface area (Å²) in [6, 6.07) is 5.96. The van der Waals surface area contributed by atoms with Crippen LogP contribution in [0.25, 0.3) is 0 Å². The van der Waals surface area contributed by atoms with Gasteiger partial charge in [0.05, 0.1) is 4.90 Å². The number of esters is 4. The molecule has 0 aliphatic carbocycles. The number of benzene rings is 1. The highest BCUT2D eigenvalue weighted by atomic mass is 32.2. The van der Waals surface area contributed by atoms with Gasteiger partial charge in [0.25, 0.3) is 10.0 Å². The smallest absolute Gasteiger partial charge is 0.303 e. The molecule has 1 heterocycles. The fourth-order valence-corrected chi connectivity index (χ4v) is 4.14. The summed E-state index contributed by atoms with van der Waals surface area (Å²) in [5.74, 6) is -3.08. The largest absolute Gasteiger partial charge is 0.463 e. The number of carbonyl (C=O) groups is 4. The van der Waals surface area contributed by atoms with Crippen LogP contribution < -0.4 is 10.3 Å². The van der Waals surface area contributed by atoms with Crippen molar-refractivity contribution in [3.8, 4) is 0 Å². The number of sulfonamides is 1. The van der Waals surface area contributed by atoms with E-state index in [4.69, 9.17) is 23.7 Å². The first kappa shape index (κ1) is 28.2. The third kappa shape index (κ3) is 8.28. The molecule has 1 aromatic rings. The molecular weight excluding hydrogens is 488 g/mol. The highest BCUT2D eigenvalue weighted by molar-refractivity contribution is 7.89. The average molecular weight is 517 g/mol. The minimum Gasteiger partial charge on any atom is -0.463 e. The predicted octanol–water partition coefficient (Wildman–Crippen LogP) is -0.139. The second kappa shape index (κ2) is 12.1. The van der Waals surface area contributed by atoms with Crippen molar-refractivity contribution in [2.75, 3.05) is 6.61 Å². The van der Waals surface area contributed by atoms with E-state index in [0.717, 1.165) is 33.3 Å². The zero-order valence-electron chi connectivity index (χ0n) is 19.8. The molecule has 2 rings (SSSR count). The Balaban J connectivity index is 2.40. The molecule has 5 unspecified atom stereocenters. The Hall–Kier alpha value is -3.07. The minimum absolute atomic E-state index is 0.0683. The second-order valence-corrected chi connectivity index (χ2v) is 9.37. The van der Waals surface area contributed by atoms with Gasteiger partial charge in [-0.25, -0.2) is 13.8 Å². The number of hydrogen-bond acceptors (Lipinski definition) is 12. The van der Waals surface area contributed by atoms with Gasteiger partial charge in [0.15, 0.2) is 24.5 Å². The Kier molecular flexibility index (Phi) is 9.71. The summed E-state index contributed by atoms with van der Waals surface area (Å²) in [4.78, 5) is 48.8. The molecule has 0 aromatic heterocycles. The van der Waals surface area contributed by atoms with Crippen LogP contribution in [0.5, 0.6) is 0 Å². The fourth-order valence-electron chi connectivity index (χ4n) is 3.26. The lowest BCUT2D eigenvalue weighted by Gasteiger charge is -2.44. The maximum atomic E-state index is 12.7. The number of hydrogen-bond donors (Lipinski definition) is 2. The number of rotatable bonds is 9. The highest BCUT2D eigenvalue weighted by Crippen LogP contribution is 2.28. The lowest BCUT2D eigenvalue weighted by Crippen LogP contribution is -2.67. The van der Waals surface area contributed by atoms with E-state index in [1.165, 1.54) is 12.1 Å². The monoisotopic (exact) mass is 516 g/mol. The molecule has 0 amide bonds. The molecule has 1 saturated heterocycles. The van der Waals surface area contributed by atoms with Crippen LogP contribution in [-0.4, -0.2) is 69.5 Å². The molecular formula is C21H28N2O11S. The average Bonchev–Trinajstić information content (AvgIpc) is 2.73. The molecule has 1 fully saturated rings. The molecule has 0 radical (unpaired) electrons. The summed E-state index contributed by atoms with van der Waals surface area (Å²) in [6.07, 6.45) is -6.92. The third-order valence-corrected chi connectivity index (χ3v) is 5.94. The summed E-state index contributed by atoms with van der Waals surface area (Å²) < 4.78 is 52.0. The van der Waals surface area contributed by atoms with Crippen molar-refractivity contribution < 1.29 is 51.3 Å². The first-order valence-corrected chi connectivity index (χ1v) is 11.9. The standard InChI is InChI=1S/C21H28N2O11S/c1-11-6-8-16(9-7-11)35(28,29)23-22-21-20(33-15(5)27)19(32-14(4)26)18(31-13(3)25)17(34-21)10-30-12(2)24/h6-9,17-23H,10H2,1-5H3. The predicted molar refractivity (Wildman–Crippen MR) is 117 cm³/mol. The normalized spacial score (nSPS) is 24.2. The molecule has 0 saturated carbocycles. The van der Waals surface area contributed by atoms with E-state index in [-0.39, 0.29) is 4.90 Å². The molecule has 0 bridgehead atoms. The lowest BCUT2D eigenvalue weighted by atomic mass is 9.97. The summed E-state index contributed by atoms with van der Waals surface area (Å²) in [6.45, 7) is 5.73. The Bertz CT molecular complexity index is 1040. The molecule has 194 valence electrons. The Morgan fingerprint density at radius 1 is 0.829 bits per heavy atom. The van der Waals surface area contributed by atoms with E-state index in [9.17, 15) is 27.6 Å². The van der Waals surface area contributed by atoms with E-state index in [1.54, 1.807) is 19.1 Å². The molecule has 14 heteroatoms.